The number of alkyl halides is 3. The molecule has 5 nitrogen and oxygen atoms in total. The number of carbonyl (C=O) groups is 3. The molecule has 0 radical (unpaired) electrons. The number of barbiturate groups is 1. The quantitative estimate of drug-likeness (QED) is 0.670. The summed E-state index contributed by atoms with van der Waals surface area (Å²) in [6, 6.07) is -1.30. The van der Waals surface area contributed by atoms with Crippen LogP contribution in [0.3, 0.4) is 0 Å². The largest absolute Gasteiger partial charge is 0.406 e. The van der Waals surface area contributed by atoms with E-state index in [4.69, 9.17) is 0 Å². The lowest BCUT2D eigenvalue weighted by Gasteiger charge is -2.30. The molecule has 0 aromatic heterocycles. The Morgan fingerprint density at radius 2 is 1.81 bits per heavy atom. The molecule has 1 aliphatic heterocycles. The molecule has 1 saturated carbocycles. The molecule has 0 aromatic rings. The van der Waals surface area contributed by atoms with Crippen molar-refractivity contribution in [2.45, 2.75) is 19.0 Å². The summed E-state index contributed by atoms with van der Waals surface area (Å²) in [6.45, 7) is -1.66. The zero-order chi connectivity index (χ0) is 12.1. The van der Waals surface area contributed by atoms with E-state index in [1.54, 1.807) is 5.32 Å². The second-order valence-corrected chi connectivity index (χ2v) is 3.85. The fourth-order valence-electron chi connectivity index (χ4n) is 1.62. The van der Waals surface area contributed by atoms with Gasteiger partial charge in [-0.1, -0.05) is 0 Å². The van der Waals surface area contributed by atoms with Gasteiger partial charge in [0, 0.05) is 0 Å². The minimum Gasteiger partial charge on any atom is -0.277 e. The predicted octanol–water partition coefficient (Wildman–Crippen LogP) is 0.407. The van der Waals surface area contributed by atoms with Gasteiger partial charge < -0.3 is 0 Å². The highest BCUT2D eigenvalue weighted by atomic mass is 19.4. The Morgan fingerprint density at radius 3 is 2.25 bits per heavy atom. The Hall–Kier alpha value is -1.60. The monoisotopic (exact) mass is 236 g/mol. The summed E-state index contributed by atoms with van der Waals surface area (Å²) in [5.74, 6) is -1.83. The number of urea groups is 1. The third kappa shape index (κ3) is 1.54. The van der Waals surface area contributed by atoms with E-state index in [2.05, 4.69) is 0 Å². The van der Waals surface area contributed by atoms with Gasteiger partial charge in [-0.3, -0.25) is 19.8 Å². The molecule has 0 aromatic carbocycles. The fraction of sp³-hybridized carbons (Fsp3) is 0.625. The van der Waals surface area contributed by atoms with Crippen molar-refractivity contribution >= 4 is 17.8 Å². The summed E-state index contributed by atoms with van der Waals surface area (Å²) >= 11 is 0. The molecule has 2 rings (SSSR count). The van der Waals surface area contributed by atoms with Crippen LogP contribution in [0.1, 0.15) is 12.8 Å². The average Bonchev–Trinajstić information content (AvgIpc) is 2.90. The first-order valence-electron chi connectivity index (χ1n) is 4.50. The summed E-state index contributed by atoms with van der Waals surface area (Å²) in [5.41, 5.74) is -1.42. The van der Waals surface area contributed by atoms with E-state index in [9.17, 15) is 27.6 Å². The van der Waals surface area contributed by atoms with Crippen molar-refractivity contribution in [3.8, 4) is 0 Å². The van der Waals surface area contributed by atoms with Crippen LogP contribution < -0.4 is 5.32 Å². The number of halogens is 3. The standard InChI is InChI=1S/C8H7F3N2O3/c9-8(10,11)3-13-5(15)7(1-2-7)4(14)12-6(13)16/h1-3H2,(H,12,14,16). The SMILES string of the molecule is O=C1NC(=O)C2(CC2)C(=O)N1CC(F)(F)F. The first-order chi connectivity index (χ1) is 7.26. The van der Waals surface area contributed by atoms with Crippen LogP contribution in [0.2, 0.25) is 0 Å². The van der Waals surface area contributed by atoms with Crippen LogP contribution >= 0.6 is 0 Å². The van der Waals surface area contributed by atoms with E-state index < -0.39 is 36.0 Å². The summed E-state index contributed by atoms with van der Waals surface area (Å²) < 4.78 is 36.3. The van der Waals surface area contributed by atoms with Crippen molar-refractivity contribution in [2.75, 3.05) is 6.54 Å². The highest BCUT2D eigenvalue weighted by molar-refractivity contribution is 6.20. The molecule has 4 amide bonds. The van der Waals surface area contributed by atoms with Crippen LogP contribution in [0.15, 0.2) is 0 Å². The Labute approximate surface area is 87.6 Å². The maximum absolute atomic E-state index is 12.1. The van der Waals surface area contributed by atoms with Gasteiger partial charge in [0.05, 0.1) is 0 Å². The molecule has 88 valence electrons. The van der Waals surface area contributed by atoms with E-state index in [1.165, 1.54) is 0 Å². The maximum Gasteiger partial charge on any atom is 0.406 e. The summed E-state index contributed by atoms with van der Waals surface area (Å²) in [6.07, 6.45) is -4.28. The van der Waals surface area contributed by atoms with Crippen LogP contribution in [0.4, 0.5) is 18.0 Å². The van der Waals surface area contributed by atoms with Crippen molar-refractivity contribution in [3.05, 3.63) is 0 Å². The Morgan fingerprint density at radius 1 is 1.25 bits per heavy atom. The molecule has 16 heavy (non-hydrogen) atoms. The maximum atomic E-state index is 12.1. The third-order valence-corrected chi connectivity index (χ3v) is 2.64. The van der Waals surface area contributed by atoms with Crippen molar-refractivity contribution < 1.29 is 27.6 Å². The smallest absolute Gasteiger partial charge is 0.277 e. The molecular formula is C8H7F3N2O3. The van der Waals surface area contributed by atoms with E-state index in [-0.39, 0.29) is 17.7 Å². The molecule has 1 spiro atoms. The van der Waals surface area contributed by atoms with Gasteiger partial charge in [0.2, 0.25) is 11.8 Å². The van der Waals surface area contributed by atoms with Crippen LogP contribution in [-0.2, 0) is 9.59 Å². The molecule has 1 N–H and O–H groups in total. The first-order valence-corrected chi connectivity index (χ1v) is 4.50. The molecule has 0 atom stereocenters. The predicted molar refractivity (Wildman–Crippen MR) is 43.0 cm³/mol. The molecule has 2 aliphatic rings. The summed E-state index contributed by atoms with van der Waals surface area (Å²) in [5, 5.41) is 1.76. The van der Waals surface area contributed by atoms with Crippen LogP contribution in [0.25, 0.3) is 0 Å². The topological polar surface area (TPSA) is 66.5 Å². The van der Waals surface area contributed by atoms with Crippen LogP contribution in [-0.4, -0.2) is 35.5 Å². The Bertz CT molecular complexity index is 386. The van der Waals surface area contributed by atoms with E-state index in [0.29, 0.717) is 0 Å². The van der Waals surface area contributed by atoms with Gasteiger partial charge in [0.1, 0.15) is 12.0 Å². The first kappa shape index (κ1) is 10.9. The van der Waals surface area contributed by atoms with Gasteiger partial charge in [-0.15, -0.1) is 0 Å². The lowest BCUT2D eigenvalue weighted by molar-refractivity contribution is -0.163. The molecule has 1 saturated heterocycles. The van der Waals surface area contributed by atoms with Crippen molar-refractivity contribution in [2.24, 2.45) is 5.41 Å². The van der Waals surface area contributed by atoms with Crippen LogP contribution in [0, 0.1) is 5.41 Å². The summed E-state index contributed by atoms with van der Waals surface area (Å²) in [4.78, 5) is 33.9. The highest BCUT2D eigenvalue weighted by Crippen LogP contribution is 2.49. The van der Waals surface area contributed by atoms with Gasteiger partial charge in [-0.2, -0.15) is 13.2 Å². The highest BCUT2D eigenvalue weighted by Gasteiger charge is 2.63. The number of carbonyl (C=O) groups excluding carboxylic acids is 3. The minimum absolute atomic E-state index is 0.0500. The Kier molecular flexibility index (Phi) is 2.01. The normalized spacial score (nSPS) is 23.7. The average molecular weight is 236 g/mol. The van der Waals surface area contributed by atoms with E-state index in [1.807, 2.05) is 0 Å². The molecule has 1 aliphatic carbocycles. The minimum atomic E-state index is -4.66. The molecule has 1 heterocycles. The molecular weight excluding hydrogens is 229 g/mol. The van der Waals surface area contributed by atoms with Crippen molar-refractivity contribution in [1.29, 1.82) is 0 Å². The van der Waals surface area contributed by atoms with Gasteiger partial charge in [0.25, 0.3) is 0 Å². The van der Waals surface area contributed by atoms with Crippen molar-refractivity contribution in [1.82, 2.24) is 10.2 Å². The number of imide groups is 2. The number of hydrogen-bond donors (Lipinski definition) is 1. The van der Waals surface area contributed by atoms with Crippen molar-refractivity contribution in [3.63, 3.8) is 0 Å². The number of nitrogens with zero attached hydrogens (tertiary/aromatic N) is 1. The number of hydrogen-bond acceptors (Lipinski definition) is 3. The Balaban J connectivity index is 2.22. The third-order valence-electron chi connectivity index (χ3n) is 2.64. The number of amides is 4. The zero-order valence-electron chi connectivity index (χ0n) is 7.93. The van der Waals surface area contributed by atoms with Crippen LogP contribution in [0.5, 0.6) is 0 Å². The second kappa shape index (κ2) is 2.96. The van der Waals surface area contributed by atoms with Gasteiger partial charge in [-0.05, 0) is 12.8 Å². The number of nitrogens with one attached hydrogen (secondary N) is 1. The second-order valence-electron chi connectivity index (χ2n) is 3.85. The molecule has 0 bridgehead atoms. The lowest BCUT2D eigenvalue weighted by Crippen LogP contribution is -2.60. The molecule has 0 unspecified atom stereocenters. The zero-order valence-corrected chi connectivity index (χ0v) is 7.93. The van der Waals surface area contributed by atoms with E-state index >= 15 is 0 Å². The fourth-order valence-corrected chi connectivity index (χ4v) is 1.62. The lowest BCUT2D eigenvalue weighted by atomic mass is 10.0. The molecule has 2 fully saturated rings. The van der Waals surface area contributed by atoms with Gasteiger partial charge in [-0.25, -0.2) is 4.79 Å². The van der Waals surface area contributed by atoms with Gasteiger partial charge >= 0.3 is 12.2 Å². The molecule has 8 heteroatoms. The number of rotatable bonds is 1. The summed E-state index contributed by atoms with van der Waals surface area (Å²) in [7, 11) is 0. The van der Waals surface area contributed by atoms with Gasteiger partial charge in [0.15, 0.2) is 0 Å². The van der Waals surface area contributed by atoms with E-state index in [0.717, 1.165) is 0 Å².